The molecule has 19 nitrogen and oxygen atoms in total. The van der Waals surface area contributed by atoms with Crippen LogP contribution >= 0.6 is 24.2 Å². The van der Waals surface area contributed by atoms with E-state index in [4.69, 9.17) is 40.3 Å². The monoisotopic (exact) mass is 841 g/mol. The van der Waals surface area contributed by atoms with Gasteiger partial charge in [-0.05, 0) is 101 Å². The number of unbranched alkanes of at least 4 members (excludes halogenated alkanes) is 1. The first-order valence-electron chi connectivity index (χ1n) is 17.8. The molecule has 2 aromatic heterocycles. The standard InChI is InChI=1S/C18H21BN2O5.C17H20BN3O5.ClHN4.ClH/c1-3-4-5-15-20-7-6-16(21-15)25-12-8-11(2)18-13(9-12)19(24)26-14(18)10-17(22)23;1-10-7-11(25-15-4-6-20-14(21-15)3-2-5-19)8-12-17(10)13(9-16(22)23)26-18(12)24;1-3-5-4-2;/h6-9,14,24H,3-5,10H2,1-2H3,(H,22,23);4,6-8,13,24H,2-3,5,9,19H2,1H3,(H,22,23);2H;1H. The first kappa shape index (κ1) is 47.2. The maximum atomic E-state index is 11.0. The van der Waals surface area contributed by atoms with Crippen LogP contribution in [0.1, 0.15) is 85.1 Å². The third-order valence-corrected chi connectivity index (χ3v) is 8.58. The normalized spacial score (nSPS) is 14.9. The SMILES string of the molecule is CCCCc1nccc(Oc2cc(C)c3c(c2)B(O)OC3CC(=O)O)n1.Cc1cc(Oc2ccnc(CCCN)n2)cc2c1C(CC(=O)O)OB2O.Cl.N=NN=NCl. The molecule has 2 aliphatic heterocycles. The van der Waals surface area contributed by atoms with Gasteiger partial charge in [0.2, 0.25) is 11.8 Å². The topological polar surface area (TPSA) is 290 Å². The lowest BCUT2D eigenvalue weighted by Gasteiger charge is -2.13. The number of carbonyl (C=O) groups is 2. The molecule has 2 aromatic carbocycles. The number of benzene rings is 2. The van der Waals surface area contributed by atoms with Crippen LogP contribution in [-0.2, 0) is 31.7 Å². The number of carboxylic acid groups (broad SMARTS) is 2. The molecule has 0 saturated carbocycles. The molecule has 23 heteroatoms. The van der Waals surface area contributed by atoms with Gasteiger partial charge in [-0.25, -0.2) is 9.97 Å². The van der Waals surface area contributed by atoms with Gasteiger partial charge in [-0.15, -0.1) is 12.4 Å². The van der Waals surface area contributed by atoms with Gasteiger partial charge in [-0.3, -0.25) is 9.59 Å². The summed E-state index contributed by atoms with van der Waals surface area (Å²) in [5.41, 5.74) is 15.4. The summed E-state index contributed by atoms with van der Waals surface area (Å²) in [7, 11) is -2.34. The number of carboxylic acids is 2. The van der Waals surface area contributed by atoms with Crippen LogP contribution in [0.5, 0.6) is 23.3 Å². The minimum Gasteiger partial charge on any atom is -0.481 e. The number of fused-ring (bicyclic) bond motifs is 2. The van der Waals surface area contributed by atoms with Gasteiger partial charge in [0, 0.05) is 37.4 Å². The van der Waals surface area contributed by atoms with Crippen molar-refractivity contribution in [2.24, 2.45) is 20.8 Å². The van der Waals surface area contributed by atoms with E-state index in [-0.39, 0.29) is 25.2 Å². The molecular weight excluding hydrogens is 799 g/mol. The minimum atomic E-state index is -1.18. The second-order valence-electron chi connectivity index (χ2n) is 12.7. The number of hydrogen-bond donors (Lipinski definition) is 6. The third kappa shape index (κ3) is 13.5. The number of rotatable bonds is 15. The fraction of sp³-hybridized carbons (Fsp3) is 0.371. The van der Waals surface area contributed by atoms with Gasteiger partial charge in [0.15, 0.2) is 0 Å². The summed E-state index contributed by atoms with van der Waals surface area (Å²) < 4.78 is 25.0. The highest BCUT2D eigenvalue weighted by Crippen LogP contribution is 2.34. The summed E-state index contributed by atoms with van der Waals surface area (Å²) in [4.78, 5) is 39.1. The Kier molecular flexibility index (Phi) is 19.0. The highest BCUT2D eigenvalue weighted by atomic mass is 35.5. The number of halogens is 2. The second-order valence-corrected chi connectivity index (χ2v) is 12.9. The number of aromatic nitrogens is 4. The molecule has 0 bridgehead atoms. The number of aryl methyl sites for hydroxylation is 4. The van der Waals surface area contributed by atoms with Crippen LogP contribution in [0.2, 0.25) is 0 Å². The highest BCUT2D eigenvalue weighted by Gasteiger charge is 2.39. The van der Waals surface area contributed by atoms with E-state index >= 15 is 0 Å². The number of nitrogens with zero attached hydrogens (tertiary/aromatic N) is 7. The maximum Gasteiger partial charge on any atom is 0.492 e. The van der Waals surface area contributed by atoms with E-state index in [2.05, 4.69) is 53.7 Å². The molecule has 2 aliphatic rings. The zero-order valence-electron chi connectivity index (χ0n) is 31.8. The van der Waals surface area contributed by atoms with Crippen molar-refractivity contribution >= 4 is 61.3 Å². The van der Waals surface area contributed by atoms with Gasteiger partial charge in [0.05, 0.1) is 36.8 Å². The molecule has 7 N–H and O–H groups in total. The molecule has 6 rings (SSSR count). The van der Waals surface area contributed by atoms with Crippen LogP contribution in [0.3, 0.4) is 0 Å². The number of ether oxygens (including phenoxy) is 2. The van der Waals surface area contributed by atoms with E-state index in [1.165, 1.54) is 0 Å². The maximum absolute atomic E-state index is 11.0. The van der Waals surface area contributed by atoms with Gasteiger partial charge >= 0.3 is 26.2 Å². The number of nitrogens with one attached hydrogen (secondary N) is 1. The first-order valence-corrected chi connectivity index (χ1v) is 18.2. The van der Waals surface area contributed by atoms with Crippen molar-refractivity contribution in [3.05, 3.63) is 82.7 Å². The van der Waals surface area contributed by atoms with Crippen LogP contribution in [0.25, 0.3) is 0 Å². The van der Waals surface area contributed by atoms with Crippen molar-refractivity contribution in [3.63, 3.8) is 0 Å². The van der Waals surface area contributed by atoms with E-state index in [9.17, 15) is 19.6 Å². The van der Waals surface area contributed by atoms with Crippen LogP contribution in [0.15, 0.2) is 63.9 Å². The highest BCUT2D eigenvalue weighted by molar-refractivity contribution is 6.62. The lowest BCUT2D eigenvalue weighted by Crippen LogP contribution is -2.28. The van der Waals surface area contributed by atoms with Crippen molar-refractivity contribution in [1.82, 2.24) is 19.9 Å². The molecule has 4 aromatic rings. The molecule has 0 spiro atoms. The second kappa shape index (κ2) is 23.3. The summed E-state index contributed by atoms with van der Waals surface area (Å²) in [6.45, 7) is 6.34. The Balaban J connectivity index is 0.000000274. The third-order valence-electron chi connectivity index (χ3n) is 8.51. The Labute approximate surface area is 345 Å². The Morgan fingerprint density at radius 2 is 1.29 bits per heavy atom. The lowest BCUT2D eigenvalue weighted by molar-refractivity contribution is -0.140. The summed E-state index contributed by atoms with van der Waals surface area (Å²) in [6.07, 6.45) is 5.86. The summed E-state index contributed by atoms with van der Waals surface area (Å²) in [5, 5.41) is 43.3. The van der Waals surface area contributed by atoms with Gasteiger partial charge in [0.1, 0.15) is 23.1 Å². The molecule has 58 heavy (non-hydrogen) atoms. The molecule has 0 amide bonds. The van der Waals surface area contributed by atoms with Crippen molar-refractivity contribution in [1.29, 1.82) is 5.53 Å². The van der Waals surface area contributed by atoms with E-state index in [0.29, 0.717) is 64.1 Å². The fourth-order valence-electron chi connectivity index (χ4n) is 6.17. The number of nitrogens with two attached hydrogens (primary N) is 1. The van der Waals surface area contributed by atoms with Gasteiger partial charge in [0.25, 0.3) is 0 Å². The summed E-state index contributed by atoms with van der Waals surface area (Å²) in [5.74, 6) is 1.24. The van der Waals surface area contributed by atoms with Crippen LogP contribution in [0, 0.1) is 19.4 Å². The summed E-state index contributed by atoms with van der Waals surface area (Å²) in [6, 6.07) is 10.2. The number of aliphatic carboxylic acids is 2. The van der Waals surface area contributed by atoms with E-state index in [0.717, 1.165) is 42.6 Å². The molecular formula is C35H43B2Cl2N9O10. The molecule has 0 fully saturated rings. The molecule has 2 atom stereocenters. The minimum absolute atomic E-state index is 0. The average molecular weight is 842 g/mol. The van der Waals surface area contributed by atoms with Crippen molar-refractivity contribution in [3.8, 4) is 23.3 Å². The molecule has 0 saturated heterocycles. The first-order chi connectivity index (χ1) is 27.4. The number of hydrogen-bond acceptors (Lipinski definition) is 15. The van der Waals surface area contributed by atoms with Crippen LogP contribution in [-0.4, -0.2) is 72.9 Å². The lowest BCUT2D eigenvalue weighted by atomic mass is 9.77. The fourth-order valence-corrected chi connectivity index (χ4v) is 6.20. The van der Waals surface area contributed by atoms with E-state index in [1.54, 1.807) is 48.8 Å². The Morgan fingerprint density at radius 3 is 1.66 bits per heavy atom. The van der Waals surface area contributed by atoms with Gasteiger partial charge < -0.3 is 44.8 Å². The van der Waals surface area contributed by atoms with Crippen LogP contribution in [0.4, 0.5) is 0 Å². The molecule has 0 radical (unpaired) electrons. The van der Waals surface area contributed by atoms with Crippen LogP contribution < -0.4 is 26.1 Å². The quantitative estimate of drug-likeness (QED) is 0.0532. The van der Waals surface area contributed by atoms with E-state index < -0.39 is 38.4 Å². The van der Waals surface area contributed by atoms with Crippen molar-refractivity contribution in [2.45, 2.75) is 77.9 Å². The Morgan fingerprint density at radius 1 is 0.845 bits per heavy atom. The van der Waals surface area contributed by atoms with Crippen molar-refractivity contribution < 1.29 is 48.6 Å². The van der Waals surface area contributed by atoms with E-state index in [1.807, 2.05) is 13.8 Å². The van der Waals surface area contributed by atoms with Gasteiger partial charge in [-0.2, -0.15) is 15.5 Å². The zero-order chi connectivity index (χ0) is 41.5. The van der Waals surface area contributed by atoms with Crippen molar-refractivity contribution in [2.75, 3.05) is 6.54 Å². The Bertz CT molecular complexity index is 1920. The average Bonchev–Trinajstić information content (AvgIpc) is 3.64. The van der Waals surface area contributed by atoms with Gasteiger partial charge in [-0.1, -0.05) is 18.0 Å². The zero-order valence-corrected chi connectivity index (χ0v) is 33.4. The largest absolute Gasteiger partial charge is 0.492 e. The molecule has 0 aliphatic carbocycles. The molecule has 2 unspecified atom stereocenters. The molecule has 308 valence electrons. The Hall–Kier alpha value is -5.15. The predicted octanol–water partition coefficient (Wildman–Crippen LogP) is 4.82. The smallest absolute Gasteiger partial charge is 0.481 e. The molecule has 4 heterocycles. The summed E-state index contributed by atoms with van der Waals surface area (Å²) >= 11 is 4.55. The predicted molar refractivity (Wildman–Crippen MR) is 213 cm³/mol.